The van der Waals surface area contributed by atoms with Gasteiger partial charge >= 0.3 is 18.1 Å². The van der Waals surface area contributed by atoms with Gasteiger partial charge in [0.1, 0.15) is 5.75 Å². The maximum Gasteiger partial charge on any atom is 0.426 e. The molecule has 15 heteroatoms. The summed E-state index contributed by atoms with van der Waals surface area (Å²) in [6, 6.07) is 6.99. The van der Waals surface area contributed by atoms with Crippen LogP contribution in [-0.4, -0.2) is 42.9 Å². The van der Waals surface area contributed by atoms with Crippen molar-refractivity contribution in [2.75, 3.05) is 5.75 Å². The van der Waals surface area contributed by atoms with Gasteiger partial charge in [0.2, 0.25) is 6.10 Å². The van der Waals surface area contributed by atoms with Gasteiger partial charge in [-0.2, -0.15) is 21.6 Å². The Hall–Kier alpha value is -0.250. The first-order valence-corrected chi connectivity index (χ1v) is 13.6. The fourth-order valence-electron chi connectivity index (χ4n) is 2.22. The van der Waals surface area contributed by atoms with Crippen LogP contribution < -0.4 is 4.74 Å². The zero-order valence-corrected chi connectivity index (χ0v) is 24.0. The molecule has 1 N–H and O–H groups in total. The Labute approximate surface area is 229 Å². The highest BCUT2D eigenvalue weighted by atomic mass is 127. The molecule has 1 unspecified atom stereocenters. The Morgan fingerprint density at radius 1 is 1.03 bits per heavy atom. The molecule has 0 radical (unpaired) electrons. The average Bonchev–Trinajstić information content (AvgIpc) is 2.61. The molecule has 1 atom stereocenters. The van der Waals surface area contributed by atoms with Gasteiger partial charge in [-0.25, -0.2) is 9.59 Å². The lowest BCUT2D eigenvalue weighted by Gasteiger charge is -2.20. The van der Waals surface area contributed by atoms with Gasteiger partial charge in [0.25, 0.3) is 10.1 Å². The van der Waals surface area contributed by atoms with Gasteiger partial charge in [-0.1, -0.05) is 15.9 Å². The average molecular weight is 875 g/mol. The molecule has 0 spiro atoms. The maximum absolute atomic E-state index is 13.1. The number of esters is 2. The second kappa shape index (κ2) is 11.0. The van der Waals surface area contributed by atoms with Crippen LogP contribution in [0.1, 0.15) is 20.7 Å². The summed E-state index contributed by atoms with van der Waals surface area (Å²) in [7, 11) is -5.12. The molecule has 0 heterocycles. The molecular weight excluding hydrogens is 866 g/mol. The van der Waals surface area contributed by atoms with Crippen molar-refractivity contribution >= 4 is 106 Å². The summed E-state index contributed by atoms with van der Waals surface area (Å²) in [6.07, 6.45) is -8.43. The van der Waals surface area contributed by atoms with Gasteiger partial charge < -0.3 is 9.47 Å². The van der Waals surface area contributed by atoms with E-state index in [1.165, 1.54) is 6.07 Å². The van der Waals surface area contributed by atoms with Crippen molar-refractivity contribution in [1.29, 1.82) is 0 Å². The van der Waals surface area contributed by atoms with E-state index in [2.05, 4.69) is 43.3 Å². The van der Waals surface area contributed by atoms with Crippen LogP contribution >= 0.6 is 83.7 Å². The first-order chi connectivity index (χ1) is 14.6. The third kappa shape index (κ3) is 7.91. The van der Waals surface area contributed by atoms with E-state index in [9.17, 15) is 31.2 Å². The van der Waals surface area contributed by atoms with Crippen LogP contribution in [0.3, 0.4) is 0 Å². The molecule has 0 aliphatic rings. The Morgan fingerprint density at radius 3 is 2.09 bits per heavy atom. The molecule has 0 aliphatic carbocycles. The van der Waals surface area contributed by atoms with Crippen molar-refractivity contribution in [3.05, 3.63) is 56.6 Å². The quantitative estimate of drug-likeness (QED) is 0.178. The first kappa shape index (κ1) is 28.0. The van der Waals surface area contributed by atoms with Crippen LogP contribution in [-0.2, 0) is 14.9 Å². The van der Waals surface area contributed by atoms with Crippen molar-refractivity contribution in [3.8, 4) is 5.75 Å². The lowest BCUT2D eigenvalue weighted by molar-refractivity contribution is -0.197. The highest BCUT2D eigenvalue weighted by molar-refractivity contribution is 14.1. The van der Waals surface area contributed by atoms with Gasteiger partial charge in [-0.05, 0) is 98.1 Å². The number of benzene rings is 2. The monoisotopic (exact) mass is 874 g/mol. The van der Waals surface area contributed by atoms with Crippen molar-refractivity contribution in [3.63, 3.8) is 0 Å². The molecule has 0 aliphatic heterocycles. The van der Waals surface area contributed by atoms with Crippen molar-refractivity contribution in [1.82, 2.24) is 0 Å². The molecule has 32 heavy (non-hydrogen) atoms. The number of carbonyl (C=O) groups excluding carboxylic acids is 2. The van der Waals surface area contributed by atoms with E-state index in [4.69, 9.17) is 9.29 Å². The lowest BCUT2D eigenvalue weighted by Crippen LogP contribution is -2.39. The molecule has 2 aromatic rings. The summed E-state index contributed by atoms with van der Waals surface area (Å²) < 4.78 is 81.9. The molecule has 2 rings (SSSR count). The largest absolute Gasteiger partial charge is 0.448 e. The molecule has 0 amide bonds. The highest BCUT2D eigenvalue weighted by Gasteiger charge is 2.46. The first-order valence-electron chi connectivity index (χ1n) is 7.97. The van der Waals surface area contributed by atoms with Crippen LogP contribution in [0.25, 0.3) is 0 Å². The number of hydrogen-bond donors (Lipinski definition) is 1. The third-order valence-electron chi connectivity index (χ3n) is 3.56. The predicted octanol–water partition coefficient (Wildman–Crippen LogP) is 5.46. The molecule has 2 aromatic carbocycles. The smallest absolute Gasteiger partial charge is 0.426 e. The van der Waals surface area contributed by atoms with Crippen LogP contribution in [0.5, 0.6) is 5.75 Å². The number of alkyl halides is 3. The van der Waals surface area contributed by atoms with E-state index in [1.807, 2.05) is 45.2 Å². The van der Waals surface area contributed by atoms with Gasteiger partial charge in [-0.15, -0.1) is 0 Å². The van der Waals surface area contributed by atoms with Gasteiger partial charge in [0.15, 0.2) is 5.75 Å². The number of halogens is 7. The Kier molecular flexibility index (Phi) is 9.62. The summed E-state index contributed by atoms with van der Waals surface area (Å²) in [6.45, 7) is 0. The van der Waals surface area contributed by atoms with E-state index in [0.717, 1.165) is 15.7 Å². The molecule has 0 bridgehead atoms. The van der Waals surface area contributed by atoms with Crippen molar-refractivity contribution in [2.24, 2.45) is 0 Å². The number of ether oxygens (including phenoxy) is 2. The van der Waals surface area contributed by atoms with Gasteiger partial charge in [0, 0.05) is 8.04 Å². The number of carbonyl (C=O) groups is 2. The normalized spacial score (nSPS) is 12.9. The van der Waals surface area contributed by atoms with Crippen LogP contribution in [0.4, 0.5) is 13.2 Å². The highest BCUT2D eigenvalue weighted by Crippen LogP contribution is 2.31. The summed E-state index contributed by atoms with van der Waals surface area (Å²) in [4.78, 5) is 25.2. The van der Waals surface area contributed by atoms with Crippen LogP contribution in [0.2, 0.25) is 0 Å². The van der Waals surface area contributed by atoms with Gasteiger partial charge in [0.05, 0.1) is 18.3 Å². The minimum Gasteiger partial charge on any atom is -0.448 e. The molecular formula is C17H9BrF3I3O7S. The van der Waals surface area contributed by atoms with Crippen molar-refractivity contribution in [2.45, 2.75) is 12.3 Å². The molecule has 0 aromatic heterocycles. The predicted molar refractivity (Wildman–Crippen MR) is 135 cm³/mol. The van der Waals surface area contributed by atoms with E-state index in [0.29, 0.717) is 7.14 Å². The van der Waals surface area contributed by atoms with Crippen LogP contribution in [0, 0.1) is 10.7 Å². The summed E-state index contributed by atoms with van der Waals surface area (Å²) in [5.41, 5.74) is -0.999. The van der Waals surface area contributed by atoms with Gasteiger partial charge in [-0.3, -0.25) is 4.55 Å². The van der Waals surface area contributed by atoms with E-state index >= 15 is 0 Å². The third-order valence-corrected chi connectivity index (χ3v) is 7.00. The van der Waals surface area contributed by atoms with Crippen molar-refractivity contribution < 1.29 is 45.2 Å². The molecule has 0 saturated heterocycles. The fourth-order valence-corrected chi connectivity index (χ4v) is 7.02. The topological polar surface area (TPSA) is 107 Å². The zero-order valence-electron chi connectivity index (χ0n) is 15.1. The fraction of sp³-hybridized carbons (Fsp3) is 0.176. The Bertz CT molecular complexity index is 1150. The second-order valence-corrected chi connectivity index (χ2v) is 11.9. The summed E-state index contributed by atoms with van der Waals surface area (Å²) in [5, 5.41) is 0. The number of hydrogen-bond acceptors (Lipinski definition) is 6. The minimum absolute atomic E-state index is 0.193. The molecule has 174 valence electrons. The van der Waals surface area contributed by atoms with E-state index in [-0.39, 0.29) is 10.2 Å². The minimum atomic E-state index is -5.29. The zero-order chi connectivity index (χ0) is 24.4. The van der Waals surface area contributed by atoms with E-state index in [1.54, 1.807) is 12.1 Å². The standard InChI is InChI=1S/C17H9BrF3I3O7S/c18-7-1-2-9(15(25)31-14-11(23)4-8(22)5-12(14)24)10(3-7)16(26)30-13(17(19,20)21)6-32(27,28)29/h1-5,13H,6H2,(H,27,28,29). The van der Waals surface area contributed by atoms with E-state index < -0.39 is 51.2 Å². The summed E-state index contributed by atoms with van der Waals surface area (Å²) >= 11 is 8.99. The lowest BCUT2D eigenvalue weighted by atomic mass is 10.1. The second-order valence-electron chi connectivity index (χ2n) is 5.96. The Morgan fingerprint density at radius 2 is 1.59 bits per heavy atom. The maximum atomic E-state index is 13.1. The molecule has 0 saturated carbocycles. The SMILES string of the molecule is O=C(Oc1c(I)cc(I)cc1I)c1ccc(Br)cc1C(=O)OC(CS(=O)(=O)O)C(F)(F)F. The number of rotatable bonds is 6. The Balaban J connectivity index is 2.41. The summed E-state index contributed by atoms with van der Waals surface area (Å²) in [5.74, 6) is -4.37. The molecule has 0 fully saturated rings. The van der Waals surface area contributed by atoms with Crippen LogP contribution in [0.15, 0.2) is 34.8 Å². The molecule has 7 nitrogen and oxygen atoms in total.